The molecule has 24 heavy (non-hydrogen) atoms. The van der Waals surface area contributed by atoms with Gasteiger partial charge in [-0.15, -0.1) is 0 Å². The molecule has 4 aliphatic carbocycles. The molecule has 4 saturated carbocycles. The Hall–Kier alpha value is -0.590. The van der Waals surface area contributed by atoms with Gasteiger partial charge in [0.05, 0.1) is 0 Å². The summed E-state index contributed by atoms with van der Waals surface area (Å²) in [7, 11) is 0. The maximum absolute atomic E-state index is 12.9. The quantitative estimate of drug-likeness (QED) is 0.525. The average Bonchev–Trinajstić information content (AvgIpc) is 2.54. The highest BCUT2D eigenvalue weighted by atomic mass is 16.1. The molecule has 0 spiro atoms. The number of allylic oxidation sites excluding steroid dienone is 1. The number of ketones is 1. The van der Waals surface area contributed by atoms with E-state index in [1.165, 1.54) is 56.9 Å². The van der Waals surface area contributed by atoms with Crippen LogP contribution in [-0.2, 0) is 4.79 Å². The van der Waals surface area contributed by atoms with E-state index in [1.54, 1.807) is 0 Å². The molecule has 6 unspecified atom stereocenters. The van der Waals surface area contributed by atoms with E-state index in [9.17, 15) is 4.79 Å². The van der Waals surface area contributed by atoms with Crippen LogP contribution in [0.3, 0.4) is 0 Å². The van der Waals surface area contributed by atoms with E-state index in [2.05, 4.69) is 27.4 Å². The van der Waals surface area contributed by atoms with Crippen molar-refractivity contribution in [3.05, 3.63) is 12.2 Å². The molecule has 0 N–H and O–H groups in total. The third kappa shape index (κ3) is 2.36. The van der Waals surface area contributed by atoms with Crippen molar-refractivity contribution in [1.82, 2.24) is 0 Å². The van der Waals surface area contributed by atoms with Gasteiger partial charge in [0.1, 0.15) is 5.78 Å². The van der Waals surface area contributed by atoms with E-state index in [0.717, 1.165) is 30.6 Å². The number of Topliss-reactive ketones (excluding diaryl/α,β-unsaturated/α-hetero) is 1. The third-order valence-electron chi connectivity index (χ3n) is 9.14. The van der Waals surface area contributed by atoms with Gasteiger partial charge in [-0.3, -0.25) is 4.79 Å². The number of fused-ring (bicyclic) bond motifs is 5. The maximum Gasteiger partial charge on any atom is 0.136 e. The first-order chi connectivity index (χ1) is 11.3. The molecular formula is C23H36O. The number of carbonyl (C=O) groups excluding carboxylic acids is 1. The van der Waals surface area contributed by atoms with Crippen molar-refractivity contribution >= 4 is 5.78 Å². The van der Waals surface area contributed by atoms with Gasteiger partial charge in [0.15, 0.2) is 0 Å². The molecule has 0 heterocycles. The van der Waals surface area contributed by atoms with Crippen LogP contribution in [0.5, 0.6) is 0 Å². The fraction of sp³-hybridized carbons (Fsp3) is 0.870. The predicted octanol–water partition coefficient (Wildman–Crippen LogP) is 6.18. The number of hydrogen-bond acceptors (Lipinski definition) is 1. The van der Waals surface area contributed by atoms with Crippen molar-refractivity contribution in [2.45, 2.75) is 85.0 Å². The summed E-state index contributed by atoms with van der Waals surface area (Å²) in [5.41, 5.74) is 2.12. The Kier molecular flexibility index (Phi) is 4.01. The van der Waals surface area contributed by atoms with Gasteiger partial charge in [0.2, 0.25) is 0 Å². The molecule has 0 radical (unpaired) electrons. The minimum absolute atomic E-state index is 0.314. The second-order valence-corrected chi connectivity index (χ2v) is 10.4. The van der Waals surface area contributed by atoms with Crippen LogP contribution in [0, 0.1) is 40.4 Å². The lowest BCUT2D eigenvalue weighted by Gasteiger charge is -2.63. The second-order valence-electron chi connectivity index (χ2n) is 10.4. The SMILES string of the molecule is C=C(C)[C@H]1CCC2CCC3C4C(=O)CCCC4(C)CCC3(C)C2C1. The zero-order valence-corrected chi connectivity index (χ0v) is 16.1. The molecule has 1 nitrogen and oxygen atoms in total. The summed E-state index contributed by atoms with van der Waals surface area (Å²) in [5.74, 6) is 4.14. The second kappa shape index (κ2) is 5.71. The molecule has 1 heteroatoms. The predicted molar refractivity (Wildman–Crippen MR) is 99.7 cm³/mol. The van der Waals surface area contributed by atoms with Crippen LogP contribution >= 0.6 is 0 Å². The van der Waals surface area contributed by atoms with Crippen molar-refractivity contribution in [1.29, 1.82) is 0 Å². The summed E-state index contributed by atoms with van der Waals surface area (Å²) in [5, 5.41) is 0. The van der Waals surface area contributed by atoms with Crippen molar-refractivity contribution in [2.75, 3.05) is 0 Å². The Morgan fingerprint density at radius 3 is 2.54 bits per heavy atom. The van der Waals surface area contributed by atoms with E-state index < -0.39 is 0 Å². The van der Waals surface area contributed by atoms with Crippen LogP contribution in [0.25, 0.3) is 0 Å². The molecule has 4 rings (SSSR count). The molecule has 0 aromatic carbocycles. The number of rotatable bonds is 1. The topological polar surface area (TPSA) is 17.1 Å². The van der Waals surface area contributed by atoms with Gasteiger partial charge in [-0.05, 0) is 99.2 Å². The van der Waals surface area contributed by atoms with Gasteiger partial charge >= 0.3 is 0 Å². The zero-order chi connectivity index (χ0) is 17.1. The molecule has 0 aromatic heterocycles. The van der Waals surface area contributed by atoms with Crippen LogP contribution in [-0.4, -0.2) is 5.78 Å². The summed E-state index contributed by atoms with van der Waals surface area (Å²) < 4.78 is 0. The number of carbonyl (C=O) groups is 1. The minimum atomic E-state index is 0.314. The standard InChI is InChI=1S/C23H36O/c1-15(2)17-8-7-16-9-10-18-21-20(24)6-5-11-22(21,3)12-13-23(18,4)19(16)14-17/h16-19,21H,1,5-14H2,2-4H3/t16?,17-,18?,19?,21?,22?,23?/m0/s1. The molecule has 0 aliphatic heterocycles. The summed E-state index contributed by atoms with van der Waals surface area (Å²) in [6.45, 7) is 11.5. The molecule has 0 aromatic rings. The maximum atomic E-state index is 12.9. The molecule has 134 valence electrons. The van der Waals surface area contributed by atoms with Gasteiger partial charge in [-0.1, -0.05) is 26.0 Å². The summed E-state index contributed by atoms with van der Waals surface area (Å²) in [6, 6.07) is 0. The smallest absolute Gasteiger partial charge is 0.136 e. The monoisotopic (exact) mass is 328 g/mol. The first-order valence-corrected chi connectivity index (χ1v) is 10.5. The average molecular weight is 329 g/mol. The molecular weight excluding hydrogens is 292 g/mol. The van der Waals surface area contributed by atoms with Gasteiger partial charge in [0.25, 0.3) is 0 Å². The fourth-order valence-electron chi connectivity index (χ4n) is 7.66. The van der Waals surface area contributed by atoms with Crippen molar-refractivity contribution in [3.63, 3.8) is 0 Å². The van der Waals surface area contributed by atoms with Gasteiger partial charge < -0.3 is 0 Å². The number of hydrogen-bond donors (Lipinski definition) is 0. The summed E-state index contributed by atoms with van der Waals surface area (Å²) in [6.07, 6.45) is 12.8. The van der Waals surface area contributed by atoms with Crippen LogP contribution in [0.2, 0.25) is 0 Å². The molecule has 4 aliphatic rings. The molecule has 4 fully saturated rings. The van der Waals surface area contributed by atoms with Gasteiger partial charge in [0, 0.05) is 12.3 Å². The minimum Gasteiger partial charge on any atom is -0.299 e. The van der Waals surface area contributed by atoms with Crippen LogP contribution in [0.4, 0.5) is 0 Å². The lowest BCUT2D eigenvalue weighted by molar-refractivity contribution is -0.162. The van der Waals surface area contributed by atoms with Gasteiger partial charge in [-0.25, -0.2) is 0 Å². The molecule has 0 bridgehead atoms. The van der Waals surface area contributed by atoms with Crippen LogP contribution in [0.1, 0.15) is 85.0 Å². The Balaban J connectivity index is 1.66. The van der Waals surface area contributed by atoms with E-state index in [-0.39, 0.29) is 0 Å². The summed E-state index contributed by atoms with van der Waals surface area (Å²) >= 11 is 0. The van der Waals surface area contributed by atoms with Crippen LogP contribution < -0.4 is 0 Å². The highest BCUT2D eigenvalue weighted by molar-refractivity contribution is 5.83. The van der Waals surface area contributed by atoms with Gasteiger partial charge in [-0.2, -0.15) is 0 Å². The third-order valence-corrected chi connectivity index (χ3v) is 9.14. The fourth-order valence-corrected chi connectivity index (χ4v) is 7.66. The molecule has 7 atom stereocenters. The van der Waals surface area contributed by atoms with Crippen LogP contribution in [0.15, 0.2) is 12.2 Å². The highest BCUT2D eigenvalue weighted by Crippen LogP contribution is 2.66. The Bertz CT molecular complexity index is 548. The van der Waals surface area contributed by atoms with E-state index in [0.29, 0.717) is 28.4 Å². The molecule has 0 amide bonds. The Morgan fingerprint density at radius 2 is 1.79 bits per heavy atom. The normalized spacial score (nSPS) is 51.3. The van der Waals surface area contributed by atoms with Crippen molar-refractivity contribution < 1.29 is 4.79 Å². The van der Waals surface area contributed by atoms with Crippen molar-refractivity contribution in [3.8, 4) is 0 Å². The van der Waals surface area contributed by atoms with E-state index in [4.69, 9.17) is 0 Å². The Morgan fingerprint density at radius 1 is 1.04 bits per heavy atom. The van der Waals surface area contributed by atoms with E-state index in [1.807, 2.05) is 0 Å². The largest absolute Gasteiger partial charge is 0.299 e. The lowest BCUT2D eigenvalue weighted by atomic mass is 9.41. The van der Waals surface area contributed by atoms with E-state index >= 15 is 0 Å². The van der Waals surface area contributed by atoms with Crippen molar-refractivity contribution in [2.24, 2.45) is 40.4 Å². The first kappa shape index (κ1) is 16.9. The highest BCUT2D eigenvalue weighted by Gasteiger charge is 2.60. The zero-order valence-electron chi connectivity index (χ0n) is 16.1. The summed E-state index contributed by atoms with van der Waals surface area (Å²) in [4.78, 5) is 12.9. The first-order valence-electron chi connectivity index (χ1n) is 10.5. The molecule has 0 saturated heterocycles. The lowest BCUT2D eigenvalue weighted by Crippen LogP contribution is -2.57. The Labute approximate surface area is 148 Å².